The smallest absolute Gasteiger partial charge is 0.224 e. The molecule has 0 aliphatic heterocycles. The third kappa shape index (κ3) is 4.14. The number of carbonyl (C=O) groups is 1. The maximum atomic E-state index is 10.8. The first-order valence-corrected chi connectivity index (χ1v) is 3.39. The molecule has 1 amide bonds. The lowest BCUT2D eigenvalue weighted by Gasteiger charge is -1.98. The van der Waals surface area contributed by atoms with E-state index in [1.54, 1.807) is 25.3 Å². The minimum Gasteiger partial charge on any atom is -0.359 e. The SMILES string of the molecule is C=C/C=C(\C=C)CC(=O)NC. The molecule has 0 spiro atoms. The van der Waals surface area contributed by atoms with Crippen LogP contribution in [-0.2, 0) is 4.79 Å². The molecule has 0 aromatic heterocycles. The lowest BCUT2D eigenvalue weighted by molar-refractivity contribution is -0.119. The van der Waals surface area contributed by atoms with Crippen LogP contribution >= 0.6 is 0 Å². The fraction of sp³-hybridized carbons (Fsp3) is 0.222. The van der Waals surface area contributed by atoms with Crippen molar-refractivity contribution in [2.24, 2.45) is 0 Å². The summed E-state index contributed by atoms with van der Waals surface area (Å²) in [6.45, 7) is 7.10. The van der Waals surface area contributed by atoms with Gasteiger partial charge in [-0.3, -0.25) is 4.79 Å². The Balaban J connectivity index is 4.08. The molecule has 2 heteroatoms. The molecule has 0 heterocycles. The van der Waals surface area contributed by atoms with Gasteiger partial charge in [-0.15, -0.1) is 0 Å². The van der Waals surface area contributed by atoms with Gasteiger partial charge in [0.2, 0.25) is 5.91 Å². The van der Waals surface area contributed by atoms with Crippen molar-refractivity contribution in [3.05, 3.63) is 37.0 Å². The molecule has 0 aromatic rings. The summed E-state index contributed by atoms with van der Waals surface area (Å²) in [6.07, 6.45) is 5.42. The Labute approximate surface area is 67.3 Å². The first-order chi connectivity index (χ1) is 5.24. The molecular formula is C9H13NO. The first-order valence-electron chi connectivity index (χ1n) is 3.39. The zero-order valence-electron chi connectivity index (χ0n) is 6.76. The van der Waals surface area contributed by atoms with Crippen molar-refractivity contribution >= 4 is 5.91 Å². The van der Waals surface area contributed by atoms with Gasteiger partial charge in [-0.2, -0.15) is 0 Å². The van der Waals surface area contributed by atoms with Crippen molar-refractivity contribution in [1.29, 1.82) is 0 Å². The summed E-state index contributed by atoms with van der Waals surface area (Å²) in [7, 11) is 1.61. The molecule has 0 radical (unpaired) electrons. The summed E-state index contributed by atoms with van der Waals surface area (Å²) in [5.74, 6) is -0.0157. The maximum Gasteiger partial charge on any atom is 0.224 e. The minimum atomic E-state index is -0.0157. The number of allylic oxidation sites excluding steroid dienone is 3. The van der Waals surface area contributed by atoms with Crippen molar-refractivity contribution in [3.8, 4) is 0 Å². The predicted molar refractivity (Wildman–Crippen MR) is 47.2 cm³/mol. The quantitative estimate of drug-likeness (QED) is 0.605. The topological polar surface area (TPSA) is 29.1 Å². The van der Waals surface area contributed by atoms with Crippen LogP contribution in [0.4, 0.5) is 0 Å². The molecule has 1 N–H and O–H groups in total. The van der Waals surface area contributed by atoms with Crippen molar-refractivity contribution in [3.63, 3.8) is 0 Å². The molecule has 0 atom stereocenters. The van der Waals surface area contributed by atoms with Gasteiger partial charge in [0.1, 0.15) is 0 Å². The molecule has 0 unspecified atom stereocenters. The summed E-state index contributed by atoms with van der Waals surface area (Å²) in [5.41, 5.74) is 0.874. The Morgan fingerprint density at radius 3 is 2.55 bits per heavy atom. The summed E-state index contributed by atoms with van der Waals surface area (Å²) < 4.78 is 0. The Hall–Kier alpha value is -1.31. The molecule has 0 rings (SSSR count). The van der Waals surface area contributed by atoms with E-state index < -0.39 is 0 Å². The fourth-order valence-corrected chi connectivity index (χ4v) is 0.624. The summed E-state index contributed by atoms with van der Waals surface area (Å²) in [6, 6.07) is 0. The summed E-state index contributed by atoms with van der Waals surface area (Å²) >= 11 is 0. The van der Waals surface area contributed by atoms with Crippen LogP contribution in [0.1, 0.15) is 6.42 Å². The van der Waals surface area contributed by atoms with E-state index in [4.69, 9.17) is 0 Å². The van der Waals surface area contributed by atoms with Crippen LogP contribution in [0, 0.1) is 0 Å². The van der Waals surface area contributed by atoms with Gasteiger partial charge < -0.3 is 5.32 Å². The molecule has 0 saturated heterocycles. The predicted octanol–water partition coefficient (Wildman–Crippen LogP) is 1.42. The summed E-state index contributed by atoms with van der Waals surface area (Å²) in [5, 5.41) is 2.53. The number of nitrogens with one attached hydrogen (secondary N) is 1. The van der Waals surface area contributed by atoms with E-state index in [0.29, 0.717) is 6.42 Å². The third-order valence-corrected chi connectivity index (χ3v) is 1.24. The van der Waals surface area contributed by atoms with Crippen LogP contribution < -0.4 is 5.32 Å². The summed E-state index contributed by atoms with van der Waals surface area (Å²) in [4.78, 5) is 10.8. The molecule has 0 aliphatic rings. The average molecular weight is 151 g/mol. The highest BCUT2D eigenvalue weighted by atomic mass is 16.1. The lowest BCUT2D eigenvalue weighted by atomic mass is 10.1. The molecule has 0 aromatic carbocycles. The zero-order chi connectivity index (χ0) is 8.69. The second-order valence-corrected chi connectivity index (χ2v) is 2.03. The van der Waals surface area contributed by atoms with Gasteiger partial charge in [0.05, 0.1) is 6.42 Å². The van der Waals surface area contributed by atoms with E-state index >= 15 is 0 Å². The Kier molecular flexibility index (Phi) is 4.82. The first kappa shape index (κ1) is 9.69. The van der Waals surface area contributed by atoms with Crippen molar-refractivity contribution < 1.29 is 4.79 Å². The largest absolute Gasteiger partial charge is 0.359 e. The van der Waals surface area contributed by atoms with E-state index in [2.05, 4.69) is 18.5 Å². The van der Waals surface area contributed by atoms with Gasteiger partial charge >= 0.3 is 0 Å². The highest BCUT2D eigenvalue weighted by molar-refractivity contribution is 5.78. The van der Waals surface area contributed by atoms with Crippen LogP contribution in [0.5, 0.6) is 0 Å². The van der Waals surface area contributed by atoms with Gasteiger partial charge in [-0.05, 0) is 5.57 Å². The van der Waals surface area contributed by atoms with Crippen LogP contribution in [0.3, 0.4) is 0 Å². The van der Waals surface area contributed by atoms with Gasteiger partial charge in [0.15, 0.2) is 0 Å². The van der Waals surface area contributed by atoms with Gasteiger partial charge in [-0.1, -0.05) is 31.4 Å². The van der Waals surface area contributed by atoms with Gasteiger partial charge in [0, 0.05) is 7.05 Å². The van der Waals surface area contributed by atoms with Crippen LogP contribution in [-0.4, -0.2) is 13.0 Å². The lowest BCUT2D eigenvalue weighted by Crippen LogP contribution is -2.17. The highest BCUT2D eigenvalue weighted by Gasteiger charge is 1.98. The monoisotopic (exact) mass is 151 g/mol. The molecular weight excluding hydrogens is 138 g/mol. The second-order valence-electron chi connectivity index (χ2n) is 2.03. The number of hydrogen-bond acceptors (Lipinski definition) is 1. The van der Waals surface area contributed by atoms with E-state index in [0.717, 1.165) is 5.57 Å². The zero-order valence-corrected chi connectivity index (χ0v) is 6.76. The minimum absolute atomic E-state index is 0.0157. The molecule has 2 nitrogen and oxygen atoms in total. The molecule has 11 heavy (non-hydrogen) atoms. The van der Waals surface area contributed by atoms with E-state index in [-0.39, 0.29) is 5.91 Å². The second kappa shape index (κ2) is 5.47. The highest BCUT2D eigenvalue weighted by Crippen LogP contribution is 2.01. The fourth-order valence-electron chi connectivity index (χ4n) is 0.624. The van der Waals surface area contributed by atoms with E-state index in [1.807, 2.05) is 0 Å². The van der Waals surface area contributed by atoms with Crippen LogP contribution in [0.25, 0.3) is 0 Å². The Morgan fingerprint density at radius 1 is 1.55 bits per heavy atom. The number of rotatable bonds is 4. The molecule has 0 bridgehead atoms. The molecule has 0 saturated carbocycles. The van der Waals surface area contributed by atoms with Gasteiger partial charge in [-0.25, -0.2) is 0 Å². The Bertz CT molecular complexity index is 192. The Morgan fingerprint density at radius 2 is 2.18 bits per heavy atom. The standard InChI is InChI=1S/C9H13NO/c1-4-6-8(5-2)7-9(11)10-3/h4-6H,1-2,7H2,3H3,(H,10,11)/b8-6+. The van der Waals surface area contributed by atoms with Crippen LogP contribution in [0.2, 0.25) is 0 Å². The number of amides is 1. The number of hydrogen-bond donors (Lipinski definition) is 1. The molecule has 60 valence electrons. The van der Waals surface area contributed by atoms with E-state index in [1.165, 1.54) is 0 Å². The van der Waals surface area contributed by atoms with Crippen molar-refractivity contribution in [2.75, 3.05) is 7.05 Å². The average Bonchev–Trinajstić information content (AvgIpc) is 2.03. The van der Waals surface area contributed by atoms with Gasteiger partial charge in [0.25, 0.3) is 0 Å². The van der Waals surface area contributed by atoms with Crippen molar-refractivity contribution in [2.45, 2.75) is 6.42 Å². The molecule has 0 fully saturated rings. The van der Waals surface area contributed by atoms with Crippen LogP contribution in [0.15, 0.2) is 37.0 Å². The third-order valence-electron chi connectivity index (χ3n) is 1.24. The van der Waals surface area contributed by atoms with Crippen molar-refractivity contribution in [1.82, 2.24) is 5.32 Å². The van der Waals surface area contributed by atoms with E-state index in [9.17, 15) is 4.79 Å². The number of carbonyl (C=O) groups excluding carboxylic acids is 1. The normalized spacial score (nSPS) is 10.5. The molecule has 0 aliphatic carbocycles. The maximum absolute atomic E-state index is 10.8.